The molecular weight excluding hydrogens is 266 g/mol. The van der Waals surface area contributed by atoms with Gasteiger partial charge in [-0.2, -0.15) is 5.10 Å². The molecule has 0 unspecified atom stereocenters. The van der Waals surface area contributed by atoms with Crippen LogP contribution in [0.5, 0.6) is 0 Å². The van der Waals surface area contributed by atoms with Crippen LogP contribution < -0.4 is 10.9 Å². The number of nitrogens with zero attached hydrogens (tertiary/aromatic N) is 1. The van der Waals surface area contributed by atoms with Crippen molar-refractivity contribution in [3.63, 3.8) is 0 Å². The van der Waals surface area contributed by atoms with Crippen LogP contribution >= 0.6 is 0 Å². The molecular formula is C16H13N3O2. The fourth-order valence-electron chi connectivity index (χ4n) is 2.25. The highest BCUT2D eigenvalue weighted by molar-refractivity contribution is 5.94. The Hall–Kier alpha value is -2.95. The van der Waals surface area contributed by atoms with E-state index in [1.54, 1.807) is 18.2 Å². The van der Waals surface area contributed by atoms with Crippen LogP contribution in [0.2, 0.25) is 0 Å². The fourth-order valence-corrected chi connectivity index (χ4v) is 2.25. The molecule has 5 nitrogen and oxygen atoms in total. The van der Waals surface area contributed by atoms with Gasteiger partial charge in [0.25, 0.3) is 5.56 Å². The molecule has 1 aromatic heterocycles. The van der Waals surface area contributed by atoms with Gasteiger partial charge in [0.1, 0.15) is 0 Å². The zero-order valence-corrected chi connectivity index (χ0v) is 11.4. The number of carbonyl (C=O) groups is 1. The first kappa shape index (κ1) is 13.1. The summed E-state index contributed by atoms with van der Waals surface area (Å²) in [7, 11) is 0. The number of fused-ring (bicyclic) bond motifs is 1. The number of nitrogens with one attached hydrogen (secondary N) is 2. The minimum absolute atomic E-state index is 0.115. The van der Waals surface area contributed by atoms with Gasteiger partial charge in [-0.3, -0.25) is 9.59 Å². The summed E-state index contributed by atoms with van der Waals surface area (Å²) >= 11 is 0. The number of hydrogen-bond donors (Lipinski definition) is 2. The van der Waals surface area contributed by atoms with Crippen molar-refractivity contribution < 1.29 is 4.79 Å². The normalized spacial score (nSPS) is 10.5. The van der Waals surface area contributed by atoms with Crippen LogP contribution in [0.1, 0.15) is 6.92 Å². The minimum atomic E-state index is -0.204. The van der Waals surface area contributed by atoms with Gasteiger partial charge in [0, 0.05) is 23.6 Å². The number of carbonyl (C=O) groups excluding carboxylic acids is 1. The van der Waals surface area contributed by atoms with E-state index in [9.17, 15) is 9.59 Å². The van der Waals surface area contributed by atoms with E-state index >= 15 is 0 Å². The quantitative estimate of drug-likeness (QED) is 0.757. The van der Waals surface area contributed by atoms with Crippen molar-refractivity contribution in [2.24, 2.45) is 0 Å². The number of amides is 1. The molecule has 0 aliphatic rings. The molecule has 1 heterocycles. The third-order valence-electron chi connectivity index (χ3n) is 3.17. The number of aromatic nitrogens is 2. The van der Waals surface area contributed by atoms with Crippen LogP contribution in [0.4, 0.5) is 5.69 Å². The Morgan fingerprint density at radius 3 is 2.38 bits per heavy atom. The smallest absolute Gasteiger partial charge is 0.272 e. The van der Waals surface area contributed by atoms with Crippen LogP contribution in [0.25, 0.3) is 22.0 Å². The molecule has 0 saturated carbocycles. The fraction of sp³-hybridized carbons (Fsp3) is 0.0625. The molecule has 21 heavy (non-hydrogen) atoms. The average Bonchev–Trinajstić information content (AvgIpc) is 2.48. The lowest BCUT2D eigenvalue weighted by Gasteiger charge is -2.06. The Balaban J connectivity index is 2.10. The topological polar surface area (TPSA) is 74.8 Å². The SMILES string of the molecule is CC(=O)Nc1ccc(-c2n[nH]c(=O)c3ccccc23)cc1. The van der Waals surface area contributed by atoms with E-state index < -0.39 is 0 Å². The zero-order chi connectivity index (χ0) is 14.8. The summed E-state index contributed by atoms with van der Waals surface area (Å²) in [4.78, 5) is 22.8. The molecule has 0 bridgehead atoms. The van der Waals surface area contributed by atoms with Crippen molar-refractivity contribution in [3.8, 4) is 11.3 Å². The number of aromatic amines is 1. The van der Waals surface area contributed by atoms with Gasteiger partial charge in [0.05, 0.1) is 11.1 Å². The maximum absolute atomic E-state index is 11.8. The molecule has 0 fully saturated rings. The first-order valence-electron chi connectivity index (χ1n) is 6.50. The van der Waals surface area contributed by atoms with E-state index in [-0.39, 0.29) is 11.5 Å². The summed E-state index contributed by atoms with van der Waals surface area (Å²) in [6, 6.07) is 14.7. The van der Waals surface area contributed by atoms with E-state index in [1.807, 2.05) is 30.3 Å². The number of hydrogen-bond acceptors (Lipinski definition) is 3. The third-order valence-corrected chi connectivity index (χ3v) is 3.17. The highest BCUT2D eigenvalue weighted by atomic mass is 16.1. The second-order valence-corrected chi connectivity index (χ2v) is 4.71. The van der Waals surface area contributed by atoms with Crippen molar-refractivity contribution >= 4 is 22.4 Å². The van der Waals surface area contributed by atoms with Crippen LogP contribution in [-0.2, 0) is 4.79 Å². The maximum Gasteiger partial charge on any atom is 0.272 e. The summed E-state index contributed by atoms with van der Waals surface area (Å²) in [6.07, 6.45) is 0. The van der Waals surface area contributed by atoms with E-state index in [1.165, 1.54) is 6.92 Å². The number of anilines is 1. The Labute approximate surface area is 120 Å². The van der Waals surface area contributed by atoms with E-state index in [4.69, 9.17) is 0 Å². The Bertz CT molecular complexity index is 867. The van der Waals surface area contributed by atoms with Crippen molar-refractivity contribution in [3.05, 3.63) is 58.9 Å². The molecule has 104 valence electrons. The van der Waals surface area contributed by atoms with Crippen molar-refractivity contribution in [2.75, 3.05) is 5.32 Å². The van der Waals surface area contributed by atoms with Crippen molar-refractivity contribution in [2.45, 2.75) is 6.92 Å². The highest BCUT2D eigenvalue weighted by Gasteiger charge is 2.08. The lowest BCUT2D eigenvalue weighted by molar-refractivity contribution is -0.114. The van der Waals surface area contributed by atoms with Crippen LogP contribution in [-0.4, -0.2) is 16.1 Å². The van der Waals surface area contributed by atoms with Crippen molar-refractivity contribution in [1.82, 2.24) is 10.2 Å². The number of H-pyrrole nitrogens is 1. The monoisotopic (exact) mass is 279 g/mol. The van der Waals surface area contributed by atoms with Gasteiger partial charge in [0.15, 0.2) is 0 Å². The summed E-state index contributed by atoms with van der Waals surface area (Å²) in [6.45, 7) is 1.46. The number of benzene rings is 2. The van der Waals surface area contributed by atoms with Gasteiger partial charge in [-0.15, -0.1) is 0 Å². The van der Waals surface area contributed by atoms with Crippen LogP contribution in [0, 0.1) is 0 Å². The lowest BCUT2D eigenvalue weighted by atomic mass is 10.0. The van der Waals surface area contributed by atoms with Gasteiger partial charge >= 0.3 is 0 Å². The summed E-state index contributed by atoms with van der Waals surface area (Å²) in [5.41, 5.74) is 2.10. The molecule has 0 radical (unpaired) electrons. The minimum Gasteiger partial charge on any atom is -0.326 e. The number of rotatable bonds is 2. The van der Waals surface area contributed by atoms with Gasteiger partial charge in [-0.25, -0.2) is 5.10 Å². The van der Waals surface area contributed by atoms with Gasteiger partial charge in [-0.05, 0) is 18.2 Å². The molecule has 2 aromatic carbocycles. The molecule has 3 rings (SSSR count). The average molecular weight is 279 g/mol. The summed E-state index contributed by atoms with van der Waals surface area (Å²) in [5.74, 6) is -0.115. The summed E-state index contributed by atoms with van der Waals surface area (Å²) < 4.78 is 0. The van der Waals surface area contributed by atoms with E-state index in [0.29, 0.717) is 11.1 Å². The van der Waals surface area contributed by atoms with E-state index in [2.05, 4.69) is 15.5 Å². The molecule has 0 saturated heterocycles. The Morgan fingerprint density at radius 2 is 1.71 bits per heavy atom. The third kappa shape index (κ3) is 2.53. The highest BCUT2D eigenvalue weighted by Crippen LogP contribution is 2.25. The second kappa shape index (κ2) is 5.20. The predicted molar refractivity (Wildman–Crippen MR) is 82.1 cm³/mol. The molecule has 0 atom stereocenters. The maximum atomic E-state index is 11.8. The van der Waals surface area contributed by atoms with Gasteiger partial charge in [-0.1, -0.05) is 30.3 Å². The molecule has 5 heteroatoms. The molecule has 0 aliphatic carbocycles. The first-order valence-corrected chi connectivity index (χ1v) is 6.50. The second-order valence-electron chi connectivity index (χ2n) is 4.71. The van der Waals surface area contributed by atoms with Crippen LogP contribution in [0.15, 0.2) is 53.3 Å². The van der Waals surface area contributed by atoms with Gasteiger partial charge < -0.3 is 5.32 Å². The van der Waals surface area contributed by atoms with Crippen LogP contribution in [0.3, 0.4) is 0 Å². The molecule has 3 aromatic rings. The first-order chi connectivity index (χ1) is 10.1. The molecule has 1 amide bonds. The largest absolute Gasteiger partial charge is 0.326 e. The Morgan fingerprint density at radius 1 is 1.05 bits per heavy atom. The predicted octanol–water partition coefficient (Wildman–Crippen LogP) is 2.55. The van der Waals surface area contributed by atoms with Gasteiger partial charge in [0.2, 0.25) is 5.91 Å². The van der Waals surface area contributed by atoms with Crippen molar-refractivity contribution in [1.29, 1.82) is 0 Å². The Kier molecular flexibility index (Phi) is 3.23. The molecule has 0 aliphatic heterocycles. The molecule has 2 N–H and O–H groups in total. The van der Waals surface area contributed by atoms with E-state index in [0.717, 1.165) is 16.6 Å². The zero-order valence-electron chi connectivity index (χ0n) is 11.4. The standard InChI is InChI=1S/C16H13N3O2/c1-10(20)17-12-8-6-11(7-9-12)15-13-4-2-3-5-14(13)16(21)19-18-15/h2-9H,1H3,(H,17,20)(H,19,21). The lowest BCUT2D eigenvalue weighted by Crippen LogP contribution is -2.09. The summed E-state index contributed by atoms with van der Waals surface area (Å²) in [5, 5.41) is 10.8. The molecule has 0 spiro atoms.